The molecule has 1 fully saturated rings. The van der Waals surface area contributed by atoms with Crippen molar-refractivity contribution in [3.63, 3.8) is 0 Å². The first-order valence-corrected chi connectivity index (χ1v) is 18.6. The number of para-hydroxylation sites is 1. The van der Waals surface area contributed by atoms with Gasteiger partial charge in [0.05, 0.1) is 0 Å². The van der Waals surface area contributed by atoms with Gasteiger partial charge in [-0.1, -0.05) is 0 Å². The Morgan fingerprint density at radius 1 is 0.900 bits per heavy atom. The molecule has 1 aliphatic carbocycles. The number of nitrogens with zero attached hydrogens (tertiary/aromatic N) is 2. The molecule has 3 aliphatic heterocycles. The van der Waals surface area contributed by atoms with Crippen molar-refractivity contribution in [3.8, 4) is 22.5 Å². The third-order valence-corrected chi connectivity index (χ3v) is 11.7. The molecule has 0 saturated carbocycles. The molecule has 0 bridgehead atoms. The molecule has 0 atom stereocenters. The Bertz CT molecular complexity index is 2310. The fourth-order valence-electron chi connectivity index (χ4n) is 6.87. The first kappa shape index (κ1) is 33.9. The summed E-state index contributed by atoms with van der Waals surface area (Å²) in [6, 6.07) is 38.0. The summed E-state index contributed by atoms with van der Waals surface area (Å²) in [4.78, 5) is 13.9. The Hall–Kier alpha value is -4.56. The number of sulfonamides is 1. The molecule has 4 aromatic carbocycles. The quantitative estimate of drug-likeness (QED) is 0.106. The molecule has 0 unspecified atom stereocenters. The van der Waals surface area contributed by atoms with Crippen molar-refractivity contribution in [2.24, 2.45) is 5.92 Å². The van der Waals surface area contributed by atoms with E-state index in [1.807, 2.05) is 72.8 Å². The van der Waals surface area contributed by atoms with Crippen LogP contribution in [0.15, 0.2) is 119 Å². The van der Waals surface area contributed by atoms with E-state index in [0.717, 1.165) is 41.6 Å². The molecule has 0 amide bonds. The number of piperidine rings is 1. The van der Waals surface area contributed by atoms with Crippen molar-refractivity contribution >= 4 is 38.3 Å². The van der Waals surface area contributed by atoms with Crippen LogP contribution in [0.1, 0.15) is 24.0 Å². The molecule has 1 saturated heterocycles. The van der Waals surface area contributed by atoms with E-state index in [-0.39, 0.29) is 30.8 Å². The van der Waals surface area contributed by atoms with E-state index in [1.54, 1.807) is 12.1 Å². The molecule has 0 aromatic heterocycles. The van der Waals surface area contributed by atoms with Crippen molar-refractivity contribution in [2.45, 2.75) is 30.6 Å². The van der Waals surface area contributed by atoms with E-state index >= 15 is 0 Å². The Morgan fingerprint density at radius 3 is 2.40 bits per heavy atom. The van der Waals surface area contributed by atoms with Crippen LogP contribution in [-0.4, -0.2) is 43.4 Å². The van der Waals surface area contributed by atoms with Crippen LogP contribution < -0.4 is 4.90 Å². The fourth-order valence-corrected chi connectivity index (χ4v) is 8.75. The van der Waals surface area contributed by atoms with Gasteiger partial charge < -0.3 is 12.0 Å². The predicted molar refractivity (Wildman–Crippen MR) is 192 cm³/mol. The third-order valence-electron chi connectivity index (χ3n) is 9.47. The summed E-state index contributed by atoms with van der Waals surface area (Å²) in [7, 11) is -3.91. The molecule has 8 rings (SSSR count). The monoisotopic (exact) mass is 726 g/mol. The summed E-state index contributed by atoms with van der Waals surface area (Å²) in [5.41, 5.74) is 7.40. The number of rotatable bonds is 6. The summed E-state index contributed by atoms with van der Waals surface area (Å²) < 4.78 is 36.7. The zero-order valence-corrected chi connectivity index (χ0v) is 29.1. The number of hydrogen-bond acceptors (Lipinski definition) is 5. The van der Waals surface area contributed by atoms with Crippen molar-refractivity contribution in [1.82, 2.24) is 4.31 Å². The maximum atomic E-state index is 14.1. The third kappa shape index (κ3) is 6.65. The molecule has 1 N–H and O–H groups in total. The average molecular weight is 728 g/mol. The minimum Gasteiger partial charge on any atom is -0.341 e. The number of carboxylic acids is 1. The van der Waals surface area contributed by atoms with Gasteiger partial charge >= 0.3 is 242 Å². The second kappa shape index (κ2) is 14.4. The van der Waals surface area contributed by atoms with Crippen molar-refractivity contribution in [2.75, 3.05) is 24.5 Å². The smallest absolute Gasteiger partial charge is 0.170 e. The van der Waals surface area contributed by atoms with E-state index in [4.69, 9.17) is 19.4 Å². The Morgan fingerprint density at radius 2 is 1.66 bits per heavy atom. The van der Waals surface area contributed by atoms with E-state index in [2.05, 4.69) is 42.2 Å². The molecular formula is C41H36N2NiO5S-2. The standard InChI is InChI=1S/C33H28N2O5S.C8H8.Ni/c36-33(37)23-15-18-34(19-16-23)41(38,39)31-12-6-3-9-27(31)32-25-8-2-5-11-29(25)40-30-21-24(13-14-26(30)32)35-20-17-22-7-1-4-10-28(22)35;1-2-8-6-4-3-5-7-8;/h1-4,6-14,21,23H,15-20H2,(H,36,37);3-6H,1-2H2;/q;-2;. The topological polar surface area (TPSA) is 91.1 Å². The first-order chi connectivity index (χ1) is 24.2. The number of carbonyl (C=O) groups is 1. The molecule has 4 aliphatic rings. The SMILES string of the molecule is O=C(O)C1CCN(S(=O)(=O)c2ccccc2-c2c3cc[c](=[Ni])cc-3oc3cc(N4CCc5ccccc54)ccc23)CC1.[CH2-]Cc1[c-]cccc1. The van der Waals surface area contributed by atoms with Gasteiger partial charge in [0.15, 0.2) is 0 Å². The second-order valence-electron chi connectivity index (χ2n) is 12.4. The van der Waals surface area contributed by atoms with Gasteiger partial charge in [0.25, 0.3) is 0 Å². The number of aliphatic carboxylic acids is 1. The number of carboxylic acid groups (broad SMARTS) is 1. The molecule has 7 nitrogen and oxygen atoms in total. The van der Waals surface area contributed by atoms with Crippen LogP contribution >= 0.6 is 0 Å². The number of benzene rings is 5. The summed E-state index contributed by atoms with van der Waals surface area (Å²) in [6.45, 7) is 4.92. The van der Waals surface area contributed by atoms with E-state index in [1.165, 1.54) is 21.1 Å². The number of hydrogen-bond donors (Lipinski definition) is 1. The molecular weight excluding hydrogens is 691 g/mol. The summed E-state index contributed by atoms with van der Waals surface area (Å²) in [5.74, 6) is -0.812. The number of fused-ring (bicyclic) bond motifs is 3. The Labute approximate surface area is 300 Å². The van der Waals surface area contributed by atoms with E-state index in [0.29, 0.717) is 21.0 Å². The van der Waals surface area contributed by atoms with Crippen LogP contribution in [0, 0.1) is 23.0 Å². The Balaban J connectivity index is 0.000000433. The molecule has 3 heterocycles. The van der Waals surface area contributed by atoms with Crippen LogP contribution in [0.4, 0.5) is 11.4 Å². The first-order valence-electron chi connectivity index (χ1n) is 16.6. The summed E-state index contributed by atoms with van der Waals surface area (Å²) in [5, 5.41) is 10.2. The van der Waals surface area contributed by atoms with Gasteiger partial charge in [-0.05, 0) is 0 Å². The van der Waals surface area contributed by atoms with Crippen LogP contribution in [0.3, 0.4) is 0 Å². The second-order valence-corrected chi connectivity index (χ2v) is 14.9. The van der Waals surface area contributed by atoms with Gasteiger partial charge in [-0.15, -0.1) is 0 Å². The minimum atomic E-state index is -3.91. The van der Waals surface area contributed by atoms with Crippen LogP contribution in [0.25, 0.3) is 33.4 Å². The normalized spacial score (nSPS) is 15.1. The van der Waals surface area contributed by atoms with Crippen molar-refractivity contribution in [1.29, 1.82) is 0 Å². The maximum Gasteiger partial charge on any atom is -0.170 e. The molecule has 9 heteroatoms. The molecule has 0 spiro atoms. The van der Waals surface area contributed by atoms with E-state index in [9.17, 15) is 18.3 Å². The van der Waals surface area contributed by atoms with Crippen molar-refractivity contribution < 1.29 is 37.8 Å². The van der Waals surface area contributed by atoms with Crippen molar-refractivity contribution in [3.05, 3.63) is 137 Å². The van der Waals surface area contributed by atoms with Gasteiger partial charge in [0, 0.05) is 0 Å². The largest absolute Gasteiger partial charge is 0.341 e. The Kier molecular flexibility index (Phi) is 9.74. The van der Waals surface area contributed by atoms with Gasteiger partial charge in [-0.25, -0.2) is 0 Å². The van der Waals surface area contributed by atoms with Gasteiger partial charge in [0.1, 0.15) is 0 Å². The molecule has 4 aromatic rings. The zero-order valence-electron chi connectivity index (χ0n) is 27.3. The van der Waals surface area contributed by atoms with Gasteiger partial charge in [-0.3, -0.25) is 4.79 Å². The van der Waals surface area contributed by atoms with Crippen LogP contribution in [0.2, 0.25) is 0 Å². The zero-order chi connectivity index (χ0) is 34.8. The minimum absolute atomic E-state index is 0.167. The summed E-state index contributed by atoms with van der Waals surface area (Å²) in [6.07, 6.45) is 2.38. The average Bonchev–Trinajstić information content (AvgIpc) is 3.58. The maximum absolute atomic E-state index is 14.1. The fraction of sp³-hybridized carbons (Fsp3) is 0.195. The van der Waals surface area contributed by atoms with Crippen LogP contribution in [0.5, 0.6) is 0 Å². The molecule has 50 heavy (non-hydrogen) atoms. The molecule has 0 radical (unpaired) electrons. The van der Waals surface area contributed by atoms with Gasteiger partial charge in [-0.2, -0.15) is 42.3 Å². The number of anilines is 2. The van der Waals surface area contributed by atoms with Gasteiger partial charge in [0.2, 0.25) is 0 Å². The van der Waals surface area contributed by atoms with Crippen LogP contribution in [-0.2, 0) is 42.7 Å². The predicted octanol–water partition coefficient (Wildman–Crippen LogP) is 8.33. The van der Waals surface area contributed by atoms with E-state index < -0.39 is 21.9 Å². The molecule has 258 valence electrons. The summed E-state index contributed by atoms with van der Waals surface area (Å²) >= 11 is 5.12.